The van der Waals surface area contributed by atoms with Crippen LogP contribution in [0, 0.1) is 0 Å². The highest BCUT2D eigenvalue weighted by molar-refractivity contribution is 5.83. The van der Waals surface area contributed by atoms with Crippen molar-refractivity contribution >= 4 is 28.0 Å². The van der Waals surface area contributed by atoms with Crippen molar-refractivity contribution < 1.29 is 9.84 Å². The molecule has 2 aromatic heterocycles. The molecule has 0 bridgehead atoms. The lowest BCUT2D eigenvalue weighted by molar-refractivity contribution is 0.0811. The summed E-state index contributed by atoms with van der Waals surface area (Å²) in [6, 6.07) is 16.9. The molecule has 35 heavy (non-hydrogen) atoms. The molecule has 6 heteroatoms. The van der Waals surface area contributed by atoms with E-state index in [1.54, 1.807) is 6.20 Å². The first-order valence-corrected chi connectivity index (χ1v) is 12.6. The zero-order valence-electron chi connectivity index (χ0n) is 20.3. The van der Waals surface area contributed by atoms with Crippen molar-refractivity contribution in [2.45, 2.75) is 51.2 Å². The van der Waals surface area contributed by atoms with Gasteiger partial charge in [0.1, 0.15) is 11.4 Å². The van der Waals surface area contributed by atoms with E-state index in [2.05, 4.69) is 82.7 Å². The Balaban J connectivity index is 1.27. The van der Waals surface area contributed by atoms with Gasteiger partial charge in [-0.1, -0.05) is 25.1 Å². The number of nitrogens with one attached hydrogen (secondary N) is 2. The third kappa shape index (κ3) is 4.02. The number of nitrogens with zero attached hydrogens (tertiary/aromatic N) is 2. The first-order valence-electron chi connectivity index (χ1n) is 12.6. The molecule has 3 N–H and O–H groups in total. The zero-order chi connectivity index (χ0) is 24.0. The highest BCUT2D eigenvalue weighted by Gasteiger charge is 2.34. The Hall–Kier alpha value is -3.51. The first-order chi connectivity index (χ1) is 17.0. The number of aromatic nitrogens is 2. The number of H-pyrrole nitrogens is 1. The number of hydrogen-bond acceptors (Lipinski definition) is 5. The van der Waals surface area contributed by atoms with E-state index in [0.29, 0.717) is 0 Å². The van der Waals surface area contributed by atoms with Gasteiger partial charge in [-0.15, -0.1) is 0 Å². The molecule has 1 aliphatic heterocycles. The molecule has 180 valence electrons. The van der Waals surface area contributed by atoms with Crippen LogP contribution in [0.15, 0.2) is 60.9 Å². The Morgan fingerprint density at radius 1 is 1.23 bits per heavy atom. The summed E-state index contributed by atoms with van der Waals surface area (Å²) in [5.41, 5.74) is 7.33. The quantitative estimate of drug-likeness (QED) is 0.329. The standard InChI is InChI=1S/C29H32N4O2/c1-3-29(2)18-33(15-13-19-17-31-23-7-5-4-6-21(19)23)25-10-8-20(16-27(25)35-29)32-24-12-14-30-28-22(24)9-11-26(28)34/h4-8,10,12,14,16-17,26,31,34H,3,9,11,13,15,18H2,1-2H3,(H,30,32)/t26-,29+/m1/s1. The van der Waals surface area contributed by atoms with Crippen molar-refractivity contribution in [1.29, 1.82) is 0 Å². The molecule has 3 heterocycles. The van der Waals surface area contributed by atoms with Crippen LogP contribution in [0.4, 0.5) is 17.1 Å². The number of aliphatic hydroxyl groups is 1. The number of para-hydroxylation sites is 1. The molecule has 0 saturated carbocycles. The van der Waals surface area contributed by atoms with Crippen molar-refractivity contribution in [3.8, 4) is 5.75 Å². The maximum atomic E-state index is 10.2. The van der Waals surface area contributed by atoms with Crippen molar-refractivity contribution in [2.75, 3.05) is 23.3 Å². The summed E-state index contributed by atoms with van der Waals surface area (Å²) >= 11 is 0. The van der Waals surface area contributed by atoms with Crippen molar-refractivity contribution in [3.05, 3.63) is 77.7 Å². The fraction of sp³-hybridized carbons (Fsp3) is 0.345. The number of ether oxygens (including phenoxy) is 1. The number of anilines is 3. The summed E-state index contributed by atoms with van der Waals surface area (Å²) in [5.74, 6) is 0.912. The third-order valence-corrected chi connectivity index (χ3v) is 7.61. The average Bonchev–Trinajstić information content (AvgIpc) is 3.46. The Bertz CT molecular complexity index is 1380. The van der Waals surface area contributed by atoms with Crippen LogP contribution < -0.4 is 15.0 Å². The van der Waals surface area contributed by atoms with Gasteiger partial charge in [-0.05, 0) is 68.0 Å². The maximum Gasteiger partial charge on any atom is 0.145 e. The lowest BCUT2D eigenvalue weighted by Gasteiger charge is -2.42. The van der Waals surface area contributed by atoms with Gasteiger partial charge in [0, 0.05) is 47.3 Å². The van der Waals surface area contributed by atoms with Crippen LogP contribution in [-0.4, -0.2) is 33.8 Å². The van der Waals surface area contributed by atoms with Gasteiger partial charge >= 0.3 is 0 Å². The Morgan fingerprint density at radius 2 is 2.11 bits per heavy atom. The maximum absolute atomic E-state index is 10.2. The number of hydrogen-bond donors (Lipinski definition) is 3. The smallest absolute Gasteiger partial charge is 0.145 e. The number of benzene rings is 2. The van der Waals surface area contributed by atoms with Crippen molar-refractivity contribution in [2.24, 2.45) is 0 Å². The largest absolute Gasteiger partial charge is 0.483 e. The van der Waals surface area contributed by atoms with Gasteiger partial charge in [0.25, 0.3) is 0 Å². The Morgan fingerprint density at radius 3 is 3.00 bits per heavy atom. The number of aromatic amines is 1. The van der Waals surface area contributed by atoms with Gasteiger partial charge in [0.15, 0.2) is 0 Å². The van der Waals surface area contributed by atoms with Crippen LogP contribution in [0.25, 0.3) is 10.9 Å². The molecule has 6 rings (SSSR count). The minimum atomic E-state index is -0.463. The third-order valence-electron chi connectivity index (χ3n) is 7.61. The molecule has 0 fully saturated rings. The molecular formula is C29H32N4O2. The van der Waals surface area contributed by atoms with E-state index in [0.717, 1.165) is 72.8 Å². The lowest BCUT2D eigenvalue weighted by Crippen LogP contribution is -2.49. The topological polar surface area (TPSA) is 73.4 Å². The highest BCUT2D eigenvalue weighted by Crippen LogP contribution is 2.41. The van der Waals surface area contributed by atoms with Crippen molar-refractivity contribution in [3.63, 3.8) is 0 Å². The van der Waals surface area contributed by atoms with E-state index < -0.39 is 6.10 Å². The molecule has 6 nitrogen and oxygen atoms in total. The molecule has 2 aliphatic rings. The molecule has 2 aromatic carbocycles. The number of rotatable bonds is 6. The van der Waals surface area contributed by atoms with Crippen LogP contribution >= 0.6 is 0 Å². The zero-order valence-corrected chi connectivity index (χ0v) is 20.3. The summed E-state index contributed by atoms with van der Waals surface area (Å²) < 4.78 is 6.55. The summed E-state index contributed by atoms with van der Waals surface area (Å²) in [6.45, 7) is 6.18. The van der Waals surface area contributed by atoms with Gasteiger partial charge in [0.2, 0.25) is 0 Å². The van der Waals surface area contributed by atoms with E-state index in [1.165, 1.54) is 16.5 Å². The van der Waals surface area contributed by atoms with Crippen LogP contribution in [0.2, 0.25) is 0 Å². The SMILES string of the molecule is CC[C@@]1(C)CN(CCc2c[nH]c3ccccc23)c2ccc(Nc3ccnc4c3CC[C@H]4O)cc2O1. The molecule has 4 aromatic rings. The summed E-state index contributed by atoms with van der Waals surface area (Å²) in [5, 5.41) is 15.1. The molecule has 0 amide bonds. The van der Waals surface area contributed by atoms with Crippen LogP contribution in [0.3, 0.4) is 0 Å². The predicted molar refractivity (Wildman–Crippen MR) is 141 cm³/mol. The number of aliphatic hydroxyl groups excluding tert-OH is 1. The molecular weight excluding hydrogens is 436 g/mol. The molecule has 2 atom stereocenters. The second kappa shape index (κ2) is 8.61. The van der Waals surface area contributed by atoms with E-state index in [4.69, 9.17) is 4.74 Å². The van der Waals surface area contributed by atoms with Crippen LogP contribution in [0.1, 0.15) is 49.6 Å². The molecule has 0 saturated heterocycles. The van der Waals surface area contributed by atoms with Crippen LogP contribution in [0.5, 0.6) is 5.75 Å². The van der Waals surface area contributed by atoms with Gasteiger partial charge in [-0.2, -0.15) is 0 Å². The fourth-order valence-electron chi connectivity index (χ4n) is 5.45. The first kappa shape index (κ1) is 22.0. The van der Waals surface area contributed by atoms with E-state index >= 15 is 0 Å². The molecule has 1 aliphatic carbocycles. The van der Waals surface area contributed by atoms with Crippen LogP contribution in [-0.2, 0) is 12.8 Å². The number of pyridine rings is 1. The normalized spacial score (nSPS) is 21.0. The van der Waals surface area contributed by atoms with E-state index in [1.807, 2.05) is 6.07 Å². The summed E-state index contributed by atoms with van der Waals surface area (Å²) in [6.07, 6.45) is 6.92. The Labute approximate surface area is 206 Å². The highest BCUT2D eigenvalue weighted by atomic mass is 16.5. The van der Waals surface area contributed by atoms with Gasteiger partial charge in [-0.3, -0.25) is 4.98 Å². The minimum absolute atomic E-state index is 0.242. The molecule has 0 spiro atoms. The monoisotopic (exact) mass is 468 g/mol. The second-order valence-electron chi connectivity index (χ2n) is 10.0. The average molecular weight is 469 g/mol. The summed E-state index contributed by atoms with van der Waals surface area (Å²) in [7, 11) is 0. The molecule has 0 unspecified atom stereocenters. The fourth-order valence-corrected chi connectivity index (χ4v) is 5.45. The van der Waals surface area contributed by atoms with E-state index in [9.17, 15) is 5.11 Å². The van der Waals surface area contributed by atoms with E-state index in [-0.39, 0.29) is 5.60 Å². The minimum Gasteiger partial charge on any atom is -0.483 e. The van der Waals surface area contributed by atoms with Gasteiger partial charge in [0.05, 0.1) is 24.0 Å². The predicted octanol–water partition coefficient (Wildman–Crippen LogP) is 5.90. The Kier molecular flexibility index (Phi) is 5.41. The van der Waals surface area contributed by atoms with Crippen molar-refractivity contribution in [1.82, 2.24) is 9.97 Å². The second-order valence-corrected chi connectivity index (χ2v) is 10.0. The number of fused-ring (bicyclic) bond motifs is 3. The van der Waals surface area contributed by atoms with Gasteiger partial charge < -0.3 is 25.0 Å². The summed E-state index contributed by atoms with van der Waals surface area (Å²) in [4.78, 5) is 10.3. The molecule has 0 radical (unpaired) electrons. The van der Waals surface area contributed by atoms with Gasteiger partial charge in [-0.25, -0.2) is 0 Å². The lowest BCUT2D eigenvalue weighted by atomic mass is 9.98.